The van der Waals surface area contributed by atoms with E-state index in [2.05, 4.69) is 105 Å². The van der Waals surface area contributed by atoms with Crippen molar-refractivity contribution in [2.24, 2.45) is 12.5 Å². The Morgan fingerprint density at radius 1 is 1.03 bits per heavy atom. The summed E-state index contributed by atoms with van der Waals surface area (Å²) in [5.74, 6) is 0.678. The molecule has 0 unspecified atom stereocenters. The molecule has 0 atom stereocenters. The van der Waals surface area contributed by atoms with Gasteiger partial charge in [0.2, 0.25) is 0 Å². The van der Waals surface area contributed by atoms with Gasteiger partial charge >= 0.3 is 6.85 Å². The van der Waals surface area contributed by atoms with Crippen molar-refractivity contribution in [3.05, 3.63) is 71.9 Å². The number of allylic oxidation sites excluding steroid dienone is 1. The van der Waals surface area contributed by atoms with Gasteiger partial charge < -0.3 is 0 Å². The van der Waals surface area contributed by atoms with Crippen LogP contribution in [0.3, 0.4) is 0 Å². The molecule has 31 heavy (non-hydrogen) atoms. The summed E-state index contributed by atoms with van der Waals surface area (Å²) in [5.41, 5.74) is 6.53. The number of anilines is 1. The molecule has 0 radical (unpaired) electrons. The van der Waals surface area contributed by atoms with Gasteiger partial charge in [0.1, 0.15) is 5.52 Å². The van der Waals surface area contributed by atoms with Gasteiger partial charge in [-0.3, -0.25) is 4.81 Å². The van der Waals surface area contributed by atoms with Crippen LogP contribution in [0.2, 0.25) is 6.82 Å². The van der Waals surface area contributed by atoms with Crippen LogP contribution in [0.15, 0.2) is 60.8 Å². The summed E-state index contributed by atoms with van der Waals surface area (Å²) in [7, 11) is 2.17. The summed E-state index contributed by atoms with van der Waals surface area (Å²) in [6, 6.07) is 19.8. The number of para-hydroxylation sites is 1. The van der Waals surface area contributed by atoms with E-state index in [1.165, 1.54) is 38.9 Å². The highest BCUT2D eigenvalue weighted by Gasteiger charge is 2.39. The van der Waals surface area contributed by atoms with Gasteiger partial charge in [0.15, 0.2) is 0 Å². The van der Waals surface area contributed by atoms with Gasteiger partial charge in [0.25, 0.3) is 5.82 Å². The Balaban J connectivity index is 1.77. The molecule has 5 rings (SSSR count). The molecule has 3 heteroatoms. The van der Waals surface area contributed by atoms with Crippen LogP contribution in [0.4, 0.5) is 5.82 Å². The first kappa shape index (κ1) is 19.2. The van der Waals surface area contributed by atoms with Crippen molar-refractivity contribution in [1.82, 2.24) is 0 Å². The molecule has 158 valence electrons. The first-order valence-corrected chi connectivity index (χ1v) is 11.7. The van der Waals surface area contributed by atoms with E-state index in [4.69, 9.17) is 0 Å². The third kappa shape index (κ3) is 3.39. The number of fused-ring (bicyclic) bond motifs is 2. The average Bonchev–Trinajstić information content (AvgIpc) is 3.21. The summed E-state index contributed by atoms with van der Waals surface area (Å²) < 4.78 is 11.7. The minimum atomic E-state index is -0.490. The molecule has 1 fully saturated rings. The summed E-state index contributed by atoms with van der Waals surface area (Å²) >= 11 is 0. The van der Waals surface area contributed by atoms with Gasteiger partial charge in [-0.25, -0.2) is 4.57 Å². The van der Waals surface area contributed by atoms with Crippen LogP contribution >= 0.6 is 0 Å². The van der Waals surface area contributed by atoms with Crippen LogP contribution in [-0.4, -0.2) is 6.85 Å². The van der Waals surface area contributed by atoms with Gasteiger partial charge in [-0.15, -0.1) is 0 Å². The fraction of sp³-hybridized carbons (Fsp3) is 0.393. The fourth-order valence-electron chi connectivity index (χ4n) is 5.47. The lowest BCUT2D eigenvalue weighted by molar-refractivity contribution is -0.631. The minimum Gasteiger partial charge on any atom is -0.293 e. The van der Waals surface area contributed by atoms with Gasteiger partial charge in [-0.1, -0.05) is 76.1 Å². The number of rotatable bonds is 2. The summed E-state index contributed by atoms with van der Waals surface area (Å²) in [4.78, 5) is 2.44. The molecule has 1 aliphatic carbocycles. The first-order chi connectivity index (χ1) is 15.2. The predicted molar refractivity (Wildman–Crippen MR) is 134 cm³/mol. The Morgan fingerprint density at radius 3 is 2.45 bits per heavy atom. The van der Waals surface area contributed by atoms with Gasteiger partial charge in [-0.05, 0) is 53.6 Å². The third-order valence-electron chi connectivity index (χ3n) is 7.22. The Hall–Kier alpha value is -2.55. The molecule has 0 saturated heterocycles. The van der Waals surface area contributed by atoms with Crippen LogP contribution in [0.25, 0.3) is 16.5 Å². The molecule has 2 aromatic carbocycles. The van der Waals surface area contributed by atoms with Gasteiger partial charge in [0.05, 0.1) is 13.2 Å². The Labute approximate surface area is 189 Å². The van der Waals surface area contributed by atoms with E-state index >= 15 is 0 Å². The monoisotopic (exact) mass is 410 g/mol. The summed E-state index contributed by atoms with van der Waals surface area (Å²) in [6.45, 7) is 9.42. The zero-order valence-corrected chi connectivity index (χ0v) is 19.6. The highest BCUT2D eigenvalue weighted by atomic mass is 15.2. The largest absolute Gasteiger partial charge is 0.409 e. The normalized spacial score (nSPS) is 18.7. The van der Waals surface area contributed by atoms with E-state index in [1.807, 2.05) is 0 Å². The number of pyridine rings is 1. The van der Waals surface area contributed by atoms with Crippen molar-refractivity contribution in [1.29, 1.82) is 0 Å². The molecule has 1 saturated carbocycles. The second-order valence-corrected chi connectivity index (χ2v) is 10.3. The number of aromatic nitrogens is 1. The maximum absolute atomic E-state index is 9.35. The highest BCUT2D eigenvalue weighted by Crippen LogP contribution is 2.40. The molecular weight excluding hydrogens is 375 g/mol. The van der Waals surface area contributed by atoms with Crippen molar-refractivity contribution in [3.8, 4) is 0 Å². The molecule has 0 amide bonds. The Morgan fingerprint density at radius 2 is 1.71 bits per heavy atom. The van der Waals surface area contributed by atoms with Crippen LogP contribution in [-0.2, 0) is 7.05 Å². The second kappa shape index (κ2) is 7.55. The van der Waals surface area contributed by atoms with Crippen molar-refractivity contribution in [2.75, 3.05) is 4.81 Å². The number of benzene rings is 2. The van der Waals surface area contributed by atoms with Crippen molar-refractivity contribution in [3.63, 3.8) is 0 Å². The molecule has 2 nitrogen and oxygen atoms in total. The topological polar surface area (TPSA) is 7.12 Å². The molecule has 1 aromatic heterocycles. The molecule has 1 aliphatic heterocycles. The quantitative estimate of drug-likeness (QED) is 0.368. The first-order valence-electron chi connectivity index (χ1n) is 12.2. The lowest BCUT2D eigenvalue weighted by Crippen LogP contribution is -2.52. The zero-order chi connectivity index (χ0) is 22.7. The van der Waals surface area contributed by atoms with E-state index in [0.717, 1.165) is 25.7 Å². The highest BCUT2D eigenvalue weighted by molar-refractivity contribution is 6.77. The minimum absolute atomic E-state index is 0.0365. The number of aryl methyl sites for hydroxylation is 1. The molecule has 0 spiro atoms. The van der Waals surface area contributed by atoms with Crippen LogP contribution in [0.5, 0.6) is 0 Å². The third-order valence-corrected chi connectivity index (χ3v) is 7.22. The van der Waals surface area contributed by atoms with Crippen molar-refractivity contribution >= 4 is 34.6 Å². The van der Waals surface area contributed by atoms with Crippen molar-refractivity contribution < 1.29 is 5.94 Å². The SMILES string of the molecule is [2H]C1(c2cc(N3C=C(C(C)(C)C)c4ccccc4B3C)[n+](C)c3ccccc23)CCCC1. The Bertz CT molecular complexity index is 1220. The lowest BCUT2D eigenvalue weighted by atomic mass is 9.52. The number of nitrogens with zero attached hydrogens (tertiary/aromatic N) is 2. The molecule has 3 aromatic rings. The standard InChI is InChI=1S/C28H34BN2/c1-28(2,3)24-19-31(29(4)25-16-10-8-15-22(24)25)27-18-23(20-12-6-7-13-20)21-14-9-11-17-26(21)30(27)5/h8-11,14-20H,6-7,12-13H2,1-5H3/q+1/i20D. The lowest BCUT2D eigenvalue weighted by Gasteiger charge is -2.33. The second-order valence-electron chi connectivity index (χ2n) is 10.3. The average molecular weight is 410 g/mol. The predicted octanol–water partition coefficient (Wildman–Crippen LogP) is 6.06. The van der Waals surface area contributed by atoms with Gasteiger partial charge in [-0.2, -0.15) is 0 Å². The van der Waals surface area contributed by atoms with Crippen LogP contribution in [0.1, 0.15) is 64.8 Å². The Kier molecular flexibility index (Phi) is 4.67. The number of hydrogen-bond acceptors (Lipinski definition) is 1. The fourth-order valence-corrected chi connectivity index (χ4v) is 5.47. The van der Waals surface area contributed by atoms with E-state index in [0.29, 0.717) is 0 Å². The zero-order valence-electron chi connectivity index (χ0n) is 20.6. The van der Waals surface area contributed by atoms with E-state index < -0.39 is 5.89 Å². The summed E-state index contributed by atoms with van der Waals surface area (Å²) in [5, 5.41) is 1.22. The maximum atomic E-state index is 9.35. The van der Waals surface area contributed by atoms with E-state index in [-0.39, 0.29) is 12.3 Å². The van der Waals surface area contributed by atoms with Gasteiger partial charge in [0, 0.05) is 18.4 Å². The molecule has 0 bridgehead atoms. The number of hydrogen-bond donors (Lipinski definition) is 0. The van der Waals surface area contributed by atoms with E-state index in [1.54, 1.807) is 0 Å². The molecule has 2 aliphatic rings. The van der Waals surface area contributed by atoms with Crippen molar-refractivity contribution in [2.45, 2.75) is 59.2 Å². The maximum Gasteiger partial charge on any atom is 0.409 e. The molecule has 2 heterocycles. The molecular formula is C28H34BN2+. The summed E-state index contributed by atoms with van der Waals surface area (Å²) in [6.07, 6.45) is 6.56. The van der Waals surface area contributed by atoms with Crippen LogP contribution in [0, 0.1) is 5.41 Å². The van der Waals surface area contributed by atoms with E-state index in [9.17, 15) is 1.37 Å². The molecule has 0 N–H and O–H groups in total. The van der Waals surface area contributed by atoms with Crippen LogP contribution < -0.4 is 14.8 Å². The smallest absolute Gasteiger partial charge is 0.293 e.